The summed E-state index contributed by atoms with van der Waals surface area (Å²) in [4.78, 5) is 43.7. The molecule has 302 valence electrons. The second-order valence-corrected chi connectivity index (χ2v) is 13.5. The van der Waals surface area contributed by atoms with E-state index in [0.29, 0.717) is 122 Å². The number of aryl methyl sites for hydroxylation is 1. The number of benzene rings is 2. The van der Waals surface area contributed by atoms with E-state index < -0.39 is 11.5 Å². The van der Waals surface area contributed by atoms with Gasteiger partial charge in [0.25, 0.3) is 5.91 Å². The fourth-order valence-corrected chi connectivity index (χ4v) is 5.88. The van der Waals surface area contributed by atoms with Gasteiger partial charge in [0.05, 0.1) is 92.4 Å². The Balaban J connectivity index is 1.34. The Hall–Kier alpha value is -3.99. The molecule has 1 saturated heterocycles. The zero-order valence-electron chi connectivity index (χ0n) is 32.6. The third kappa shape index (κ3) is 15.8. The van der Waals surface area contributed by atoms with Gasteiger partial charge in [0.1, 0.15) is 0 Å². The van der Waals surface area contributed by atoms with Gasteiger partial charge >= 0.3 is 6.09 Å². The van der Waals surface area contributed by atoms with Crippen LogP contribution in [0.5, 0.6) is 11.5 Å². The summed E-state index contributed by atoms with van der Waals surface area (Å²) < 4.78 is 38.5. The molecule has 2 amide bonds. The van der Waals surface area contributed by atoms with Crippen molar-refractivity contribution < 1.29 is 52.6 Å². The van der Waals surface area contributed by atoms with E-state index >= 15 is 0 Å². The smallest absolute Gasteiger partial charge is 0.404 e. The number of carbonyl (C=O) groups is 3. The number of nitrogens with one attached hydrogen (secondary N) is 1. The van der Waals surface area contributed by atoms with Crippen LogP contribution in [0.15, 0.2) is 42.5 Å². The Labute approximate surface area is 319 Å². The van der Waals surface area contributed by atoms with Gasteiger partial charge in [-0.05, 0) is 36.8 Å². The normalized spacial score (nSPS) is 13.5. The number of carbonyl (C=O) groups excluding carboxylic acids is 2. The number of anilines is 1. The van der Waals surface area contributed by atoms with Gasteiger partial charge in [-0.25, -0.2) is 4.79 Å². The highest BCUT2D eigenvalue weighted by atomic mass is 16.6. The molecule has 3 rings (SSSR count). The van der Waals surface area contributed by atoms with Crippen LogP contribution < -0.4 is 19.7 Å². The standard InChI is InChI=1S/C39H60N4O11/c1-31-8-6-9-32(28-31)43(17-19-51-21-23-53-25-27-54-26-24-52-22-20-50-18-12-40-38(46)47)29-35(44)39(2,3)30-41-13-15-42(16-14-41)37(45)33-10-7-11-34(48-4)36(33)49-5/h6-11,28,40H,12-27,29-30H2,1-5H3,(H,46,47). The number of Topliss-reactive ketones (excluding diaryl/α,β-unsaturated/α-hetero) is 1. The third-order valence-corrected chi connectivity index (χ3v) is 8.88. The van der Waals surface area contributed by atoms with Gasteiger partial charge in [0.15, 0.2) is 17.3 Å². The van der Waals surface area contributed by atoms with Crippen LogP contribution in [0, 0.1) is 12.3 Å². The first-order valence-corrected chi connectivity index (χ1v) is 18.5. The highest BCUT2D eigenvalue weighted by Gasteiger charge is 2.33. The molecule has 0 unspecified atom stereocenters. The lowest BCUT2D eigenvalue weighted by molar-refractivity contribution is -0.127. The van der Waals surface area contributed by atoms with Crippen molar-refractivity contribution >= 4 is 23.5 Å². The summed E-state index contributed by atoms with van der Waals surface area (Å²) in [5.74, 6) is 0.993. The van der Waals surface area contributed by atoms with E-state index in [2.05, 4.69) is 21.2 Å². The number of ketones is 1. The van der Waals surface area contributed by atoms with E-state index in [0.717, 1.165) is 11.3 Å². The Morgan fingerprint density at radius 1 is 0.778 bits per heavy atom. The molecule has 1 fully saturated rings. The van der Waals surface area contributed by atoms with Crippen LogP contribution in [0.1, 0.15) is 29.8 Å². The number of nitrogens with zero attached hydrogens (tertiary/aromatic N) is 3. The van der Waals surface area contributed by atoms with Crippen molar-refractivity contribution in [3.63, 3.8) is 0 Å². The molecule has 0 aromatic heterocycles. The zero-order chi connectivity index (χ0) is 39.2. The van der Waals surface area contributed by atoms with Crippen LogP contribution in [0.4, 0.5) is 10.5 Å². The number of piperazine rings is 1. The number of ether oxygens (including phenoxy) is 7. The van der Waals surface area contributed by atoms with Gasteiger partial charge in [-0.3, -0.25) is 14.5 Å². The summed E-state index contributed by atoms with van der Waals surface area (Å²) >= 11 is 0. The lowest BCUT2D eigenvalue weighted by Crippen LogP contribution is -2.52. The average Bonchev–Trinajstić information content (AvgIpc) is 3.16. The van der Waals surface area contributed by atoms with Crippen molar-refractivity contribution in [1.82, 2.24) is 15.1 Å². The second kappa shape index (κ2) is 24.4. The van der Waals surface area contributed by atoms with Gasteiger partial charge in [0.2, 0.25) is 0 Å². The summed E-state index contributed by atoms with van der Waals surface area (Å²) in [7, 11) is 3.09. The SMILES string of the molecule is COc1cccc(C(=O)N2CCN(CC(C)(C)C(=O)CN(CCOCCOCCOCCOCCOCCNC(=O)O)c3cccc(C)c3)CC2)c1OC. The summed E-state index contributed by atoms with van der Waals surface area (Å²) in [5, 5.41) is 10.7. The third-order valence-electron chi connectivity index (χ3n) is 8.88. The molecule has 54 heavy (non-hydrogen) atoms. The van der Waals surface area contributed by atoms with Crippen molar-refractivity contribution in [3.05, 3.63) is 53.6 Å². The highest BCUT2D eigenvalue weighted by molar-refractivity contribution is 5.98. The summed E-state index contributed by atoms with van der Waals surface area (Å²) in [6.45, 7) is 14.2. The van der Waals surface area contributed by atoms with Crippen LogP contribution in [0.3, 0.4) is 0 Å². The molecule has 1 heterocycles. The van der Waals surface area contributed by atoms with E-state index in [1.54, 1.807) is 25.3 Å². The van der Waals surface area contributed by atoms with Crippen LogP contribution in [0.2, 0.25) is 0 Å². The Morgan fingerprint density at radius 3 is 1.91 bits per heavy atom. The number of para-hydroxylation sites is 1. The van der Waals surface area contributed by atoms with E-state index in [9.17, 15) is 14.4 Å². The minimum absolute atomic E-state index is 0.0961. The van der Waals surface area contributed by atoms with Crippen LogP contribution in [0.25, 0.3) is 0 Å². The molecular formula is C39H60N4O11. The van der Waals surface area contributed by atoms with Crippen LogP contribution >= 0.6 is 0 Å². The van der Waals surface area contributed by atoms with Crippen molar-refractivity contribution in [1.29, 1.82) is 0 Å². The number of amides is 2. The quantitative estimate of drug-likeness (QED) is 0.128. The van der Waals surface area contributed by atoms with Gasteiger partial charge in [-0.1, -0.05) is 32.0 Å². The zero-order valence-corrected chi connectivity index (χ0v) is 32.6. The Bertz CT molecular complexity index is 1420. The molecule has 15 nitrogen and oxygen atoms in total. The molecule has 0 atom stereocenters. The molecule has 15 heteroatoms. The molecule has 2 aromatic carbocycles. The first kappa shape index (κ1) is 44.4. The minimum atomic E-state index is -1.07. The predicted molar refractivity (Wildman–Crippen MR) is 204 cm³/mol. The number of carboxylic acid groups (broad SMARTS) is 1. The number of rotatable bonds is 27. The molecule has 0 radical (unpaired) electrons. The molecule has 1 aliphatic heterocycles. The predicted octanol–water partition coefficient (Wildman–Crippen LogP) is 3.22. The largest absolute Gasteiger partial charge is 0.493 e. The summed E-state index contributed by atoms with van der Waals surface area (Å²) in [5.41, 5.74) is 1.96. The highest BCUT2D eigenvalue weighted by Crippen LogP contribution is 2.32. The van der Waals surface area contributed by atoms with Crippen molar-refractivity contribution in [2.75, 3.05) is 138 Å². The first-order chi connectivity index (χ1) is 26.1. The summed E-state index contributed by atoms with van der Waals surface area (Å²) in [6.07, 6.45) is -1.07. The lowest BCUT2D eigenvalue weighted by Gasteiger charge is -2.39. The fraction of sp³-hybridized carbons (Fsp3) is 0.615. The van der Waals surface area contributed by atoms with E-state index in [1.165, 1.54) is 7.11 Å². The molecular weight excluding hydrogens is 700 g/mol. The Morgan fingerprint density at radius 2 is 1.35 bits per heavy atom. The summed E-state index contributed by atoms with van der Waals surface area (Å²) in [6, 6.07) is 13.4. The molecule has 0 bridgehead atoms. The van der Waals surface area contributed by atoms with Crippen LogP contribution in [-0.4, -0.2) is 165 Å². The minimum Gasteiger partial charge on any atom is -0.493 e. The first-order valence-electron chi connectivity index (χ1n) is 18.5. The maximum Gasteiger partial charge on any atom is 0.404 e. The molecule has 0 saturated carbocycles. The van der Waals surface area contributed by atoms with E-state index in [4.69, 9.17) is 38.3 Å². The van der Waals surface area contributed by atoms with Gasteiger partial charge in [0, 0.05) is 56.9 Å². The lowest BCUT2D eigenvalue weighted by atomic mass is 9.86. The van der Waals surface area contributed by atoms with Gasteiger partial charge in [-0.2, -0.15) is 0 Å². The topological polar surface area (TPSA) is 158 Å². The number of hydrogen-bond donors (Lipinski definition) is 2. The van der Waals surface area contributed by atoms with Crippen molar-refractivity contribution in [3.8, 4) is 11.5 Å². The van der Waals surface area contributed by atoms with Gasteiger partial charge in [-0.15, -0.1) is 0 Å². The van der Waals surface area contributed by atoms with E-state index in [1.807, 2.05) is 43.9 Å². The number of methoxy groups -OCH3 is 2. The van der Waals surface area contributed by atoms with Gasteiger partial charge < -0.3 is 53.4 Å². The van der Waals surface area contributed by atoms with Crippen LogP contribution in [-0.2, 0) is 28.5 Å². The monoisotopic (exact) mass is 760 g/mol. The molecule has 0 spiro atoms. The molecule has 2 N–H and O–H groups in total. The fourth-order valence-electron chi connectivity index (χ4n) is 5.88. The Kier molecular flexibility index (Phi) is 20.1. The van der Waals surface area contributed by atoms with E-state index in [-0.39, 0.29) is 24.8 Å². The maximum absolute atomic E-state index is 13.8. The molecule has 1 aliphatic rings. The average molecular weight is 761 g/mol. The second-order valence-electron chi connectivity index (χ2n) is 13.5. The van der Waals surface area contributed by atoms with Crippen molar-refractivity contribution in [2.45, 2.75) is 20.8 Å². The maximum atomic E-state index is 13.8. The van der Waals surface area contributed by atoms with Crippen molar-refractivity contribution in [2.24, 2.45) is 5.41 Å². The number of hydrogen-bond acceptors (Lipinski definition) is 12. The molecule has 2 aromatic rings. The molecule has 0 aliphatic carbocycles.